The van der Waals surface area contributed by atoms with E-state index in [1.807, 2.05) is 91.0 Å². The number of rotatable bonds is 3. The zero-order chi connectivity index (χ0) is 18.1. The molecular weight excluding hydrogens is 333 g/mol. The lowest BCUT2D eigenvalue weighted by Crippen LogP contribution is -2.27. The predicted octanol–water partition coefficient (Wildman–Crippen LogP) is 3.91. The molecule has 0 radical (unpaired) electrons. The molecule has 3 rings (SSSR count). The van der Waals surface area contributed by atoms with Crippen molar-refractivity contribution in [1.29, 1.82) is 5.26 Å². The molecule has 126 valence electrons. The maximum absolute atomic E-state index is 10.1. The zero-order valence-electron chi connectivity index (χ0n) is 13.4. The molecule has 25 heavy (non-hydrogen) atoms. The first-order valence-corrected chi connectivity index (χ1v) is 8.91. The standard InChI is InChI=1S/C20H15N.H3O3P/c21-16-20(17-10-4-1-5-11-17,18-12-6-2-7-13-18)19-14-8-3-9-15-19;1-4(2)3/h1-15H;4H,(H2,1,2,3). The van der Waals surface area contributed by atoms with E-state index in [1.165, 1.54) is 0 Å². The monoisotopic (exact) mass is 351 g/mol. The van der Waals surface area contributed by atoms with Gasteiger partial charge in [-0.1, -0.05) is 91.0 Å². The Labute approximate surface area is 147 Å². The fourth-order valence-corrected chi connectivity index (χ4v) is 2.76. The fraction of sp³-hybridized carbons (Fsp3) is 0.0500. The molecule has 0 fully saturated rings. The minimum absolute atomic E-state index is 0.774. The lowest BCUT2D eigenvalue weighted by atomic mass is 9.71. The predicted molar refractivity (Wildman–Crippen MR) is 98.3 cm³/mol. The molecule has 0 unspecified atom stereocenters. The van der Waals surface area contributed by atoms with E-state index < -0.39 is 13.7 Å². The van der Waals surface area contributed by atoms with Crippen molar-refractivity contribution < 1.29 is 14.4 Å². The van der Waals surface area contributed by atoms with Crippen molar-refractivity contribution in [2.24, 2.45) is 0 Å². The maximum atomic E-state index is 10.1. The van der Waals surface area contributed by atoms with Crippen molar-refractivity contribution >= 4 is 8.25 Å². The van der Waals surface area contributed by atoms with E-state index in [0.29, 0.717) is 0 Å². The van der Waals surface area contributed by atoms with Crippen LogP contribution in [0.5, 0.6) is 0 Å². The molecule has 0 aromatic heterocycles. The van der Waals surface area contributed by atoms with Crippen LogP contribution in [0.15, 0.2) is 91.0 Å². The quantitative estimate of drug-likeness (QED) is 0.554. The summed E-state index contributed by atoms with van der Waals surface area (Å²) in [5.41, 5.74) is 2.20. The molecule has 0 aliphatic rings. The molecule has 0 aliphatic carbocycles. The topological polar surface area (TPSA) is 81.3 Å². The van der Waals surface area contributed by atoms with Gasteiger partial charge < -0.3 is 9.79 Å². The van der Waals surface area contributed by atoms with E-state index in [-0.39, 0.29) is 0 Å². The van der Waals surface area contributed by atoms with Gasteiger partial charge in [-0.05, 0) is 16.7 Å². The van der Waals surface area contributed by atoms with Crippen LogP contribution in [-0.4, -0.2) is 9.79 Å². The van der Waals surface area contributed by atoms with Crippen molar-refractivity contribution in [3.63, 3.8) is 0 Å². The summed E-state index contributed by atoms with van der Waals surface area (Å²) in [5.74, 6) is 0. The SMILES string of the molecule is N#CC(c1ccccc1)(c1ccccc1)c1ccccc1.O=[PH](O)O. The lowest BCUT2D eigenvalue weighted by molar-refractivity contribution is 0.405. The second kappa shape index (κ2) is 8.96. The van der Waals surface area contributed by atoms with Gasteiger partial charge in [-0.3, -0.25) is 4.57 Å². The maximum Gasteiger partial charge on any atom is 0.314 e. The Morgan fingerprint density at radius 2 is 0.920 bits per heavy atom. The second-order valence-electron chi connectivity index (χ2n) is 5.24. The Bertz CT molecular complexity index is 746. The van der Waals surface area contributed by atoms with E-state index in [1.54, 1.807) is 0 Å². The van der Waals surface area contributed by atoms with Gasteiger partial charge in [-0.2, -0.15) is 5.26 Å². The highest BCUT2D eigenvalue weighted by Crippen LogP contribution is 2.38. The summed E-state index contributed by atoms with van der Waals surface area (Å²) in [5, 5.41) is 10.1. The van der Waals surface area contributed by atoms with Gasteiger partial charge >= 0.3 is 8.25 Å². The minimum Gasteiger partial charge on any atom is -0.326 e. The van der Waals surface area contributed by atoms with Crippen LogP contribution in [0.25, 0.3) is 0 Å². The summed E-state index contributed by atoms with van der Waals surface area (Å²) < 4.78 is 8.74. The third-order valence-corrected chi connectivity index (χ3v) is 3.79. The molecule has 0 saturated heterocycles. The van der Waals surface area contributed by atoms with Crippen molar-refractivity contribution in [2.75, 3.05) is 0 Å². The highest BCUT2D eigenvalue weighted by molar-refractivity contribution is 7.30. The number of hydrogen-bond acceptors (Lipinski definition) is 2. The molecule has 3 aromatic carbocycles. The first kappa shape index (κ1) is 18.6. The summed E-state index contributed by atoms with van der Waals surface area (Å²) in [6.07, 6.45) is 0. The summed E-state index contributed by atoms with van der Waals surface area (Å²) in [7, 11) is -3.13. The number of nitriles is 1. The van der Waals surface area contributed by atoms with Crippen LogP contribution in [-0.2, 0) is 9.98 Å². The molecule has 0 saturated carbocycles. The van der Waals surface area contributed by atoms with E-state index in [0.717, 1.165) is 16.7 Å². The van der Waals surface area contributed by atoms with Crippen LogP contribution in [0, 0.1) is 11.3 Å². The summed E-state index contributed by atoms with van der Waals surface area (Å²) in [4.78, 5) is 14.3. The van der Waals surface area contributed by atoms with Gasteiger partial charge in [-0.15, -0.1) is 0 Å². The molecule has 0 atom stereocenters. The average molecular weight is 351 g/mol. The average Bonchev–Trinajstić information content (AvgIpc) is 2.65. The first-order valence-electron chi connectivity index (χ1n) is 7.61. The molecular formula is C20H18NO3P. The second-order valence-corrected chi connectivity index (χ2v) is 5.81. The lowest BCUT2D eigenvalue weighted by Gasteiger charge is -2.28. The van der Waals surface area contributed by atoms with Crippen LogP contribution in [0.4, 0.5) is 0 Å². The van der Waals surface area contributed by atoms with Gasteiger partial charge in [0.2, 0.25) is 0 Å². The molecule has 3 aromatic rings. The summed E-state index contributed by atoms with van der Waals surface area (Å²) >= 11 is 0. The van der Waals surface area contributed by atoms with Crippen LogP contribution in [0.3, 0.4) is 0 Å². The van der Waals surface area contributed by atoms with Crippen molar-refractivity contribution in [2.45, 2.75) is 5.41 Å². The minimum atomic E-state index is -3.13. The highest BCUT2D eigenvalue weighted by atomic mass is 31.1. The molecule has 0 heterocycles. The number of hydrogen-bond donors (Lipinski definition) is 2. The highest BCUT2D eigenvalue weighted by Gasteiger charge is 2.36. The van der Waals surface area contributed by atoms with Crippen molar-refractivity contribution in [3.05, 3.63) is 108 Å². The van der Waals surface area contributed by atoms with Gasteiger partial charge in [-0.25, -0.2) is 0 Å². The Morgan fingerprint density at radius 1 is 0.680 bits per heavy atom. The first-order chi connectivity index (χ1) is 12.1. The van der Waals surface area contributed by atoms with Gasteiger partial charge in [0, 0.05) is 0 Å². The molecule has 0 aliphatic heterocycles. The fourth-order valence-electron chi connectivity index (χ4n) is 2.76. The zero-order valence-corrected chi connectivity index (χ0v) is 14.4. The number of benzene rings is 3. The van der Waals surface area contributed by atoms with E-state index in [9.17, 15) is 5.26 Å². The molecule has 5 heteroatoms. The largest absolute Gasteiger partial charge is 0.326 e. The molecule has 0 amide bonds. The molecule has 4 nitrogen and oxygen atoms in total. The van der Waals surface area contributed by atoms with E-state index in [4.69, 9.17) is 14.4 Å². The van der Waals surface area contributed by atoms with E-state index >= 15 is 0 Å². The normalized spacial score (nSPS) is 10.5. The molecule has 0 bridgehead atoms. The van der Waals surface area contributed by atoms with Crippen LogP contribution >= 0.6 is 8.25 Å². The summed E-state index contributed by atoms with van der Waals surface area (Å²) in [6, 6.07) is 32.5. The van der Waals surface area contributed by atoms with E-state index in [2.05, 4.69) is 6.07 Å². The molecule has 2 N–H and O–H groups in total. The smallest absolute Gasteiger partial charge is 0.314 e. The Kier molecular flexibility index (Phi) is 6.68. The third kappa shape index (κ3) is 4.43. The third-order valence-electron chi connectivity index (χ3n) is 3.79. The van der Waals surface area contributed by atoms with Crippen molar-refractivity contribution in [1.82, 2.24) is 0 Å². The van der Waals surface area contributed by atoms with Crippen molar-refractivity contribution in [3.8, 4) is 6.07 Å². The van der Waals surface area contributed by atoms with Crippen LogP contribution in [0.1, 0.15) is 16.7 Å². The molecule has 0 spiro atoms. The van der Waals surface area contributed by atoms with Gasteiger partial charge in [0.15, 0.2) is 0 Å². The van der Waals surface area contributed by atoms with Crippen LogP contribution in [0.2, 0.25) is 0 Å². The van der Waals surface area contributed by atoms with Gasteiger partial charge in [0.25, 0.3) is 0 Å². The van der Waals surface area contributed by atoms with Crippen LogP contribution < -0.4 is 0 Å². The van der Waals surface area contributed by atoms with Gasteiger partial charge in [0.1, 0.15) is 5.41 Å². The van der Waals surface area contributed by atoms with Gasteiger partial charge in [0.05, 0.1) is 6.07 Å². The summed E-state index contributed by atoms with van der Waals surface area (Å²) in [6.45, 7) is 0. The number of nitrogens with zero attached hydrogens (tertiary/aromatic N) is 1. The Balaban J connectivity index is 0.000000511. The Morgan fingerprint density at radius 3 is 1.12 bits per heavy atom. The Hall–Kier alpha value is -2.70.